The number of nitrogens with zero attached hydrogens (tertiary/aromatic N) is 3. The monoisotopic (exact) mass is 270 g/mol. The molecule has 4 heteroatoms. The Bertz CT molecular complexity index is 562. The van der Waals surface area contributed by atoms with Gasteiger partial charge in [-0.3, -0.25) is 0 Å². The van der Waals surface area contributed by atoms with Gasteiger partial charge in [0, 0.05) is 11.3 Å². The zero-order valence-corrected chi connectivity index (χ0v) is 12.2. The Kier molecular flexibility index (Phi) is 3.47. The molecule has 1 aliphatic rings. The van der Waals surface area contributed by atoms with E-state index in [9.17, 15) is 0 Å². The van der Waals surface area contributed by atoms with Crippen LogP contribution >= 0.6 is 0 Å². The van der Waals surface area contributed by atoms with E-state index in [0.717, 1.165) is 28.9 Å². The molecule has 1 heterocycles. The highest BCUT2D eigenvalue weighted by Gasteiger charge is 2.26. The third-order valence-corrected chi connectivity index (χ3v) is 4.21. The number of hydrogen-bond donors (Lipinski definition) is 1. The molecule has 0 bridgehead atoms. The standard InChI is InChI=1S/C16H22N4/c1-11-7-12(2)9-15(8-11)20-10-18-16(19-20)13-3-5-14(17)6-4-13/h3-6,10-12,15H,7-9,17H2,1-2H3. The van der Waals surface area contributed by atoms with E-state index in [0.29, 0.717) is 6.04 Å². The first-order chi connectivity index (χ1) is 9.61. The fourth-order valence-corrected chi connectivity index (χ4v) is 3.34. The van der Waals surface area contributed by atoms with E-state index < -0.39 is 0 Å². The van der Waals surface area contributed by atoms with Crippen molar-refractivity contribution in [1.82, 2.24) is 14.8 Å². The van der Waals surface area contributed by atoms with Crippen molar-refractivity contribution in [2.24, 2.45) is 11.8 Å². The van der Waals surface area contributed by atoms with Crippen molar-refractivity contribution in [3.8, 4) is 11.4 Å². The fraction of sp³-hybridized carbons (Fsp3) is 0.500. The lowest BCUT2D eigenvalue weighted by molar-refractivity contribution is 0.210. The molecule has 0 spiro atoms. The summed E-state index contributed by atoms with van der Waals surface area (Å²) in [6.07, 6.45) is 5.61. The minimum Gasteiger partial charge on any atom is -0.399 e. The van der Waals surface area contributed by atoms with Gasteiger partial charge in [-0.25, -0.2) is 9.67 Å². The minimum atomic E-state index is 0.490. The van der Waals surface area contributed by atoms with Crippen LogP contribution < -0.4 is 5.73 Å². The summed E-state index contributed by atoms with van der Waals surface area (Å²) in [5, 5.41) is 4.67. The van der Waals surface area contributed by atoms with E-state index in [2.05, 4.69) is 28.6 Å². The highest BCUT2D eigenvalue weighted by molar-refractivity contribution is 5.57. The predicted molar refractivity (Wildman–Crippen MR) is 81.1 cm³/mol. The normalized spacial score (nSPS) is 26.6. The van der Waals surface area contributed by atoms with Crippen LogP contribution in [0, 0.1) is 11.8 Å². The summed E-state index contributed by atoms with van der Waals surface area (Å²) in [4.78, 5) is 4.45. The molecule has 1 aromatic heterocycles. The molecule has 106 valence electrons. The summed E-state index contributed by atoms with van der Waals surface area (Å²) in [5.74, 6) is 2.33. The third-order valence-electron chi connectivity index (χ3n) is 4.21. The molecule has 20 heavy (non-hydrogen) atoms. The maximum Gasteiger partial charge on any atom is 0.181 e. The Morgan fingerprint density at radius 3 is 2.35 bits per heavy atom. The highest BCUT2D eigenvalue weighted by Crippen LogP contribution is 2.35. The topological polar surface area (TPSA) is 56.7 Å². The summed E-state index contributed by atoms with van der Waals surface area (Å²) >= 11 is 0. The number of aromatic nitrogens is 3. The van der Waals surface area contributed by atoms with Crippen LogP contribution in [0.25, 0.3) is 11.4 Å². The smallest absolute Gasteiger partial charge is 0.181 e. The zero-order chi connectivity index (χ0) is 14.1. The average Bonchev–Trinajstić information content (AvgIpc) is 2.88. The fourth-order valence-electron chi connectivity index (χ4n) is 3.34. The summed E-state index contributed by atoms with van der Waals surface area (Å²) in [6.45, 7) is 4.67. The van der Waals surface area contributed by atoms with Gasteiger partial charge in [0.05, 0.1) is 6.04 Å². The highest BCUT2D eigenvalue weighted by atomic mass is 15.3. The Morgan fingerprint density at radius 1 is 1.05 bits per heavy atom. The number of anilines is 1. The van der Waals surface area contributed by atoms with Crippen molar-refractivity contribution in [3.05, 3.63) is 30.6 Å². The quantitative estimate of drug-likeness (QED) is 0.849. The largest absolute Gasteiger partial charge is 0.399 e. The maximum absolute atomic E-state index is 5.71. The van der Waals surface area contributed by atoms with Crippen LogP contribution in [0.4, 0.5) is 5.69 Å². The summed E-state index contributed by atoms with van der Waals surface area (Å²) in [6, 6.07) is 8.22. The number of nitrogens with two attached hydrogens (primary N) is 1. The molecule has 2 unspecified atom stereocenters. The predicted octanol–water partition coefficient (Wildman–Crippen LogP) is 3.52. The molecule has 2 aromatic rings. The van der Waals surface area contributed by atoms with Crippen molar-refractivity contribution in [3.63, 3.8) is 0 Å². The van der Waals surface area contributed by atoms with E-state index in [4.69, 9.17) is 5.73 Å². The van der Waals surface area contributed by atoms with Crippen LogP contribution in [0.2, 0.25) is 0 Å². The molecule has 3 rings (SSSR count). The van der Waals surface area contributed by atoms with E-state index in [1.54, 1.807) is 0 Å². The second-order valence-electron chi connectivity index (χ2n) is 6.24. The van der Waals surface area contributed by atoms with Crippen LogP contribution in [0.1, 0.15) is 39.2 Å². The summed E-state index contributed by atoms with van der Waals surface area (Å²) < 4.78 is 2.05. The van der Waals surface area contributed by atoms with Crippen LogP contribution in [-0.4, -0.2) is 14.8 Å². The van der Waals surface area contributed by atoms with Gasteiger partial charge in [0.2, 0.25) is 0 Å². The molecular weight excluding hydrogens is 248 g/mol. The lowest BCUT2D eigenvalue weighted by Crippen LogP contribution is -2.23. The molecule has 0 radical (unpaired) electrons. The Balaban J connectivity index is 1.81. The Morgan fingerprint density at radius 2 is 1.70 bits per heavy atom. The van der Waals surface area contributed by atoms with Gasteiger partial charge in [-0.1, -0.05) is 13.8 Å². The Hall–Kier alpha value is -1.84. The number of benzene rings is 1. The third kappa shape index (κ3) is 2.69. The number of rotatable bonds is 2. The molecule has 1 aliphatic carbocycles. The Labute approximate surface area is 120 Å². The van der Waals surface area contributed by atoms with E-state index in [-0.39, 0.29) is 0 Å². The molecule has 1 saturated carbocycles. The van der Waals surface area contributed by atoms with Gasteiger partial charge in [-0.15, -0.1) is 0 Å². The van der Waals surface area contributed by atoms with Gasteiger partial charge in [-0.2, -0.15) is 5.10 Å². The number of hydrogen-bond acceptors (Lipinski definition) is 3. The van der Waals surface area contributed by atoms with E-state index in [1.807, 2.05) is 30.6 Å². The van der Waals surface area contributed by atoms with Crippen LogP contribution in [0.3, 0.4) is 0 Å². The van der Waals surface area contributed by atoms with Gasteiger partial charge >= 0.3 is 0 Å². The molecule has 0 saturated heterocycles. The lowest BCUT2D eigenvalue weighted by atomic mass is 9.80. The molecule has 1 aromatic carbocycles. The van der Waals surface area contributed by atoms with Crippen molar-refractivity contribution >= 4 is 5.69 Å². The molecule has 2 N–H and O–H groups in total. The first-order valence-electron chi connectivity index (χ1n) is 7.39. The molecule has 4 nitrogen and oxygen atoms in total. The van der Waals surface area contributed by atoms with E-state index >= 15 is 0 Å². The number of nitrogen functional groups attached to an aromatic ring is 1. The zero-order valence-electron chi connectivity index (χ0n) is 12.2. The maximum atomic E-state index is 5.71. The first kappa shape index (κ1) is 13.2. The van der Waals surface area contributed by atoms with Gasteiger partial charge in [0.15, 0.2) is 5.82 Å². The average molecular weight is 270 g/mol. The lowest BCUT2D eigenvalue weighted by Gasteiger charge is -2.31. The van der Waals surface area contributed by atoms with Crippen molar-refractivity contribution in [2.75, 3.05) is 5.73 Å². The van der Waals surface area contributed by atoms with Gasteiger partial charge in [0.25, 0.3) is 0 Å². The van der Waals surface area contributed by atoms with Gasteiger partial charge in [-0.05, 0) is 55.4 Å². The van der Waals surface area contributed by atoms with Crippen molar-refractivity contribution in [2.45, 2.75) is 39.2 Å². The summed E-state index contributed by atoms with van der Waals surface area (Å²) in [7, 11) is 0. The second kappa shape index (κ2) is 5.27. The molecule has 0 aliphatic heterocycles. The van der Waals surface area contributed by atoms with Crippen molar-refractivity contribution < 1.29 is 0 Å². The SMILES string of the molecule is CC1CC(C)CC(n2cnc(-c3ccc(N)cc3)n2)C1. The van der Waals surface area contributed by atoms with Crippen LogP contribution in [-0.2, 0) is 0 Å². The molecule has 1 fully saturated rings. The second-order valence-corrected chi connectivity index (χ2v) is 6.24. The van der Waals surface area contributed by atoms with Gasteiger partial charge < -0.3 is 5.73 Å². The van der Waals surface area contributed by atoms with Gasteiger partial charge in [0.1, 0.15) is 6.33 Å². The van der Waals surface area contributed by atoms with Crippen LogP contribution in [0.5, 0.6) is 0 Å². The minimum absolute atomic E-state index is 0.490. The van der Waals surface area contributed by atoms with Crippen LogP contribution in [0.15, 0.2) is 30.6 Å². The molecule has 2 atom stereocenters. The van der Waals surface area contributed by atoms with E-state index in [1.165, 1.54) is 19.3 Å². The summed E-state index contributed by atoms with van der Waals surface area (Å²) in [5.41, 5.74) is 7.50. The first-order valence-corrected chi connectivity index (χ1v) is 7.39. The molecular formula is C16H22N4. The molecule has 0 amide bonds. The van der Waals surface area contributed by atoms with Crippen molar-refractivity contribution in [1.29, 1.82) is 0 Å².